The van der Waals surface area contributed by atoms with E-state index in [9.17, 15) is 18.0 Å². The van der Waals surface area contributed by atoms with Crippen LogP contribution in [0.2, 0.25) is 0 Å². The Hall–Kier alpha value is -1.52. The van der Waals surface area contributed by atoms with Crippen LogP contribution in [0.1, 0.15) is 24.0 Å². The number of hydrogen-bond acceptors (Lipinski definition) is 1. The molecule has 1 fully saturated rings. The molecule has 2 nitrogen and oxygen atoms in total. The number of rotatable bonds is 3. The Bertz CT molecular complexity index is 434. The smallest absolute Gasteiger partial charge is 0.264 e. The summed E-state index contributed by atoms with van der Waals surface area (Å²) >= 11 is 0. The van der Waals surface area contributed by atoms with Crippen LogP contribution in [0, 0.1) is 11.7 Å². The summed E-state index contributed by atoms with van der Waals surface area (Å²) in [6.45, 7) is 0.578. The quantitative estimate of drug-likeness (QED) is 0.868. The fourth-order valence-electron chi connectivity index (χ4n) is 2.06. The van der Waals surface area contributed by atoms with E-state index in [1.165, 1.54) is 6.07 Å². The van der Waals surface area contributed by atoms with Crippen LogP contribution < -0.4 is 5.32 Å². The number of carbonyl (C=O) groups is 1. The molecule has 5 heteroatoms. The summed E-state index contributed by atoms with van der Waals surface area (Å²) in [4.78, 5) is 11.4. The van der Waals surface area contributed by atoms with Crippen LogP contribution in [0.5, 0.6) is 0 Å². The maximum atomic E-state index is 12.9. The van der Waals surface area contributed by atoms with E-state index >= 15 is 0 Å². The van der Waals surface area contributed by atoms with Crippen molar-refractivity contribution >= 4 is 5.91 Å². The normalized spacial score (nSPS) is 19.8. The molecule has 0 saturated carbocycles. The van der Waals surface area contributed by atoms with Gasteiger partial charge in [-0.3, -0.25) is 4.79 Å². The third-order valence-electron chi connectivity index (χ3n) is 2.97. The van der Waals surface area contributed by atoms with Gasteiger partial charge in [0.1, 0.15) is 5.82 Å². The van der Waals surface area contributed by atoms with Gasteiger partial charge in [0.05, 0.1) is 0 Å². The number of benzene rings is 1. The van der Waals surface area contributed by atoms with Gasteiger partial charge < -0.3 is 5.32 Å². The minimum absolute atomic E-state index is 0.116. The van der Waals surface area contributed by atoms with Gasteiger partial charge in [0.2, 0.25) is 5.91 Å². The van der Waals surface area contributed by atoms with E-state index < -0.39 is 12.2 Å². The number of alkyl halides is 2. The van der Waals surface area contributed by atoms with Crippen LogP contribution in [0.25, 0.3) is 0 Å². The van der Waals surface area contributed by atoms with Gasteiger partial charge in [0.15, 0.2) is 0 Å². The number of amides is 1. The van der Waals surface area contributed by atoms with Gasteiger partial charge in [-0.15, -0.1) is 0 Å². The van der Waals surface area contributed by atoms with E-state index in [-0.39, 0.29) is 23.8 Å². The molecule has 0 spiro atoms. The molecule has 1 aromatic rings. The molecule has 1 aliphatic heterocycles. The van der Waals surface area contributed by atoms with Gasteiger partial charge in [-0.2, -0.15) is 0 Å². The summed E-state index contributed by atoms with van der Waals surface area (Å²) in [6.07, 6.45) is -1.84. The van der Waals surface area contributed by atoms with Crippen molar-refractivity contribution in [2.24, 2.45) is 5.92 Å². The zero-order valence-corrected chi connectivity index (χ0v) is 9.05. The largest absolute Gasteiger partial charge is 0.356 e. The van der Waals surface area contributed by atoms with Crippen LogP contribution in [-0.4, -0.2) is 12.5 Å². The molecule has 1 saturated heterocycles. The van der Waals surface area contributed by atoms with Crippen molar-refractivity contribution in [2.75, 3.05) is 6.54 Å². The van der Waals surface area contributed by atoms with Crippen molar-refractivity contribution in [1.82, 2.24) is 5.32 Å². The van der Waals surface area contributed by atoms with E-state index in [4.69, 9.17) is 0 Å². The first-order valence-corrected chi connectivity index (χ1v) is 5.42. The van der Waals surface area contributed by atoms with Crippen molar-refractivity contribution in [3.8, 4) is 0 Å². The molecule has 1 heterocycles. The van der Waals surface area contributed by atoms with E-state index in [0.717, 1.165) is 12.1 Å². The molecule has 17 heavy (non-hydrogen) atoms. The zero-order valence-electron chi connectivity index (χ0n) is 9.05. The maximum Gasteiger partial charge on any atom is 0.264 e. The van der Waals surface area contributed by atoms with Crippen LogP contribution in [-0.2, 0) is 11.2 Å². The van der Waals surface area contributed by atoms with E-state index in [1.54, 1.807) is 0 Å². The Morgan fingerprint density at radius 2 is 2.18 bits per heavy atom. The monoisotopic (exact) mass is 243 g/mol. The highest BCUT2D eigenvalue weighted by atomic mass is 19.3. The van der Waals surface area contributed by atoms with Crippen molar-refractivity contribution in [2.45, 2.75) is 19.3 Å². The molecule has 1 amide bonds. The lowest BCUT2D eigenvalue weighted by Gasteiger charge is -2.11. The van der Waals surface area contributed by atoms with Gasteiger partial charge in [0, 0.05) is 18.0 Å². The third kappa shape index (κ3) is 2.60. The summed E-state index contributed by atoms with van der Waals surface area (Å²) < 4.78 is 38.3. The highest BCUT2D eigenvalue weighted by Crippen LogP contribution is 2.27. The van der Waals surface area contributed by atoms with Crippen molar-refractivity contribution < 1.29 is 18.0 Å². The Morgan fingerprint density at radius 3 is 2.76 bits per heavy atom. The van der Waals surface area contributed by atoms with Crippen molar-refractivity contribution in [1.29, 1.82) is 0 Å². The average Bonchev–Trinajstić information content (AvgIpc) is 2.67. The van der Waals surface area contributed by atoms with Crippen LogP contribution in [0.3, 0.4) is 0 Å². The Morgan fingerprint density at radius 1 is 1.41 bits per heavy atom. The number of carbonyl (C=O) groups excluding carboxylic acids is 1. The van der Waals surface area contributed by atoms with Crippen molar-refractivity contribution in [3.05, 3.63) is 35.1 Å². The zero-order chi connectivity index (χ0) is 12.4. The van der Waals surface area contributed by atoms with Crippen LogP contribution in [0.4, 0.5) is 13.2 Å². The molecule has 0 aliphatic carbocycles. The lowest BCUT2D eigenvalue weighted by atomic mass is 9.94. The molecule has 0 aromatic heterocycles. The van der Waals surface area contributed by atoms with Crippen LogP contribution in [0.15, 0.2) is 18.2 Å². The van der Waals surface area contributed by atoms with Gasteiger partial charge >= 0.3 is 0 Å². The topological polar surface area (TPSA) is 29.1 Å². The second-order valence-electron chi connectivity index (χ2n) is 4.12. The molecular formula is C12H12F3NO. The van der Waals surface area contributed by atoms with E-state index in [0.29, 0.717) is 18.5 Å². The fraction of sp³-hybridized carbons (Fsp3) is 0.417. The predicted octanol–water partition coefficient (Wildman–Crippen LogP) is 2.44. The molecule has 1 aliphatic rings. The first kappa shape index (κ1) is 12.0. The second kappa shape index (κ2) is 4.77. The van der Waals surface area contributed by atoms with Crippen molar-refractivity contribution in [3.63, 3.8) is 0 Å². The first-order valence-electron chi connectivity index (χ1n) is 5.42. The van der Waals surface area contributed by atoms with E-state index in [1.807, 2.05) is 0 Å². The molecule has 92 valence electrons. The second-order valence-corrected chi connectivity index (χ2v) is 4.12. The third-order valence-corrected chi connectivity index (χ3v) is 2.97. The maximum absolute atomic E-state index is 12.9. The summed E-state index contributed by atoms with van der Waals surface area (Å²) in [5.74, 6) is -1.08. The molecule has 0 radical (unpaired) electrons. The minimum atomic E-state index is -2.72. The predicted molar refractivity (Wildman–Crippen MR) is 56.2 cm³/mol. The SMILES string of the molecule is O=C1NCCC1Cc1ccc(F)cc1C(F)F. The van der Waals surface area contributed by atoms with Crippen LogP contribution >= 0.6 is 0 Å². The Balaban J connectivity index is 2.22. The van der Waals surface area contributed by atoms with Gasteiger partial charge in [-0.05, 0) is 30.5 Å². The Kier molecular flexibility index (Phi) is 3.36. The number of hydrogen-bond donors (Lipinski definition) is 1. The molecule has 1 unspecified atom stereocenters. The van der Waals surface area contributed by atoms with Gasteiger partial charge in [-0.25, -0.2) is 13.2 Å². The first-order chi connectivity index (χ1) is 8.08. The lowest BCUT2D eigenvalue weighted by Crippen LogP contribution is -2.20. The molecule has 1 atom stereocenters. The number of nitrogens with one attached hydrogen (secondary N) is 1. The summed E-state index contributed by atoms with van der Waals surface area (Å²) in [7, 11) is 0. The standard InChI is InChI=1S/C12H12F3NO/c13-9-2-1-7(10(6-9)11(14)15)5-8-3-4-16-12(8)17/h1-2,6,8,11H,3-5H2,(H,16,17). The molecule has 0 bridgehead atoms. The Labute approximate surface area is 96.8 Å². The molecule has 1 aromatic carbocycles. The summed E-state index contributed by atoms with van der Waals surface area (Å²) in [5.41, 5.74) is 0.0353. The van der Waals surface area contributed by atoms with Gasteiger partial charge in [0.25, 0.3) is 6.43 Å². The number of halogens is 3. The summed E-state index contributed by atoms with van der Waals surface area (Å²) in [6, 6.07) is 3.32. The highest BCUT2D eigenvalue weighted by molar-refractivity contribution is 5.80. The van der Waals surface area contributed by atoms with E-state index in [2.05, 4.69) is 5.32 Å². The minimum Gasteiger partial charge on any atom is -0.356 e. The summed E-state index contributed by atoms with van der Waals surface area (Å²) in [5, 5.41) is 2.65. The lowest BCUT2D eigenvalue weighted by molar-refractivity contribution is -0.122. The fourth-order valence-corrected chi connectivity index (χ4v) is 2.06. The molecule has 2 rings (SSSR count). The molecule has 1 N–H and O–H groups in total. The van der Waals surface area contributed by atoms with Gasteiger partial charge in [-0.1, -0.05) is 6.07 Å². The molecular weight excluding hydrogens is 231 g/mol. The highest BCUT2D eigenvalue weighted by Gasteiger charge is 2.26. The average molecular weight is 243 g/mol.